The number of benzene rings is 1. The van der Waals surface area contributed by atoms with Gasteiger partial charge in [0.25, 0.3) is 0 Å². The molecule has 3 heteroatoms. The van der Waals surface area contributed by atoms with E-state index in [4.69, 9.17) is 5.73 Å². The fourth-order valence-electron chi connectivity index (χ4n) is 2.99. The van der Waals surface area contributed by atoms with Gasteiger partial charge in [-0.25, -0.2) is 0 Å². The molecular formula is C17H27N3. The van der Waals surface area contributed by atoms with Crippen molar-refractivity contribution >= 4 is 5.96 Å². The third kappa shape index (κ3) is 2.41. The number of aliphatic imine (C=N–C) groups is 1. The summed E-state index contributed by atoms with van der Waals surface area (Å²) >= 11 is 0. The number of rotatable bonds is 4. The van der Waals surface area contributed by atoms with Gasteiger partial charge < -0.3 is 10.6 Å². The summed E-state index contributed by atoms with van der Waals surface area (Å²) in [7, 11) is 0. The number of guanidine groups is 1. The minimum Gasteiger partial charge on any atom is -0.370 e. The van der Waals surface area contributed by atoms with Crippen LogP contribution in [0.25, 0.3) is 0 Å². The fraction of sp³-hybridized carbons (Fsp3) is 0.588. The molecule has 0 bridgehead atoms. The SMILES string of the molecule is CCC(C)N1C(N)=NCC1(C)c1ccc(C(C)C)cc1. The minimum absolute atomic E-state index is 0.116. The maximum Gasteiger partial charge on any atom is 0.192 e. The Morgan fingerprint density at radius 2 is 1.85 bits per heavy atom. The maximum absolute atomic E-state index is 6.12. The van der Waals surface area contributed by atoms with Gasteiger partial charge in [0.1, 0.15) is 0 Å². The van der Waals surface area contributed by atoms with Crippen LogP contribution in [-0.4, -0.2) is 23.4 Å². The Kier molecular flexibility index (Phi) is 4.07. The van der Waals surface area contributed by atoms with E-state index in [1.54, 1.807) is 0 Å². The maximum atomic E-state index is 6.12. The molecule has 1 aromatic rings. The predicted octanol–water partition coefficient (Wildman–Crippen LogP) is 3.45. The second-order valence-corrected chi connectivity index (χ2v) is 6.35. The molecule has 1 aliphatic rings. The molecule has 1 aliphatic heterocycles. The van der Waals surface area contributed by atoms with E-state index >= 15 is 0 Å². The van der Waals surface area contributed by atoms with Gasteiger partial charge in [-0.15, -0.1) is 0 Å². The second-order valence-electron chi connectivity index (χ2n) is 6.35. The molecule has 0 aromatic heterocycles. The van der Waals surface area contributed by atoms with Gasteiger partial charge >= 0.3 is 0 Å². The molecule has 20 heavy (non-hydrogen) atoms. The first kappa shape index (κ1) is 14.9. The molecule has 2 N–H and O–H groups in total. The van der Waals surface area contributed by atoms with Crippen molar-refractivity contribution in [3.05, 3.63) is 35.4 Å². The Hall–Kier alpha value is -1.51. The van der Waals surface area contributed by atoms with Crippen LogP contribution in [0.4, 0.5) is 0 Å². The zero-order valence-corrected chi connectivity index (χ0v) is 13.4. The molecule has 0 amide bonds. The molecular weight excluding hydrogens is 246 g/mol. The molecule has 0 saturated heterocycles. The molecule has 110 valence electrons. The zero-order valence-electron chi connectivity index (χ0n) is 13.4. The first-order valence-electron chi connectivity index (χ1n) is 7.59. The third-order valence-corrected chi connectivity index (χ3v) is 4.56. The highest BCUT2D eigenvalue weighted by molar-refractivity contribution is 5.81. The van der Waals surface area contributed by atoms with Gasteiger partial charge in [-0.3, -0.25) is 4.99 Å². The monoisotopic (exact) mass is 273 g/mol. The lowest BCUT2D eigenvalue weighted by atomic mass is 9.88. The van der Waals surface area contributed by atoms with Crippen LogP contribution < -0.4 is 5.73 Å². The highest BCUT2D eigenvalue weighted by atomic mass is 15.4. The Labute approximate surface area is 122 Å². The predicted molar refractivity (Wildman–Crippen MR) is 86.0 cm³/mol. The van der Waals surface area contributed by atoms with E-state index in [0.29, 0.717) is 17.9 Å². The molecule has 2 unspecified atom stereocenters. The molecule has 2 rings (SSSR count). The first-order chi connectivity index (χ1) is 9.40. The summed E-state index contributed by atoms with van der Waals surface area (Å²) in [4.78, 5) is 6.77. The van der Waals surface area contributed by atoms with Crippen molar-refractivity contribution in [1.82, 2.24) is 4.90 Å². The van der Waals surface area contributed by atoms with Crippen LogP contribution in [0.15, 0.2) is 29.3 Å². The Bertz CT molecular complexity index is 489. The van der Waals surface area contributed by atoms with E-state index in [1.807, 2.05) is 0 Å². The van der Waals surface area contributed by atoms with Gasteiger partial charge in [-0.05, 0) is 37.3 Å². The largest absolute Gasteiger partial charge is 0.370 e. The molecule has 0 fully saturated rings. The van der Waals surface area contributed by atoms with Crippen molar-refractivity contribution in [3.8, 4) is 0 Å². The molecule has 0 spiro atoms. The summed E-state index contributed by atoms with van der Waals surface area (Å²) in [6.45, 7) is 11.8. The Morgan fingerprint density at radius 1 is 1.25 bits per heavy atom. The van der Waals surface area contributed by atoms with Gasteiger partial charge in [-0.1, -0.05) is 45.0 Å². The van der Waals surface area contributed by atoms with Crippen LogP contribution in [0.1, 0.15) is 58.1 Å². The van der Waals surface area contributed by atoms with Crippen LogP contribution >= 0.6 is 0 Å². The van der Waals surface area contributed by atoms with E-state index in [9.17, 15) is 0 Å². The van der Waals surface area contributed by atoms with E-state index in [1.165, 1.54) is 11.1 Å². The van der Waals surface area contributed by atoms with Gasteiger partial charge in [0, 0.05) is 6.04 Å². The lowest BCUT2D eigenvalue weighted by Gasteiger charge is -2.40. The van der Waals surface area contributed by atoms with Gasteiger partial charge in [0.15, 0.2) is 5.96 Å². The van der Waals surface area contributed by atoms with E-state index in [-0.39, 0.29) is 5.54 Å². The van der Waals surface area contributed by atoms with Crippen molar-refractivity contribution in [2.75, 3.05) is 6.54 Å². The topological polar surface area (TPSA) is 41.6 Å². The molecule has 2 atom stereocenters. The van der Waals surface area contributed by atoms with E-state index < -0.39 is 0 Å². The van der Waals surface area contributed by atoms with Crippen LogP contribution in [0, 0.1) is 0 Å². The van der Waals surface area contributed by atoms with Crippen molar-refractivity contribution in [1.29, 1.82) is 0 Å². The normalized spacial score (nSPS) is 24.1. The smallest absolute Gasteiger partial charge is 0.192 e. The molecule has 1 aromatic carbocycles. The Balaban J connectivity index is 2.34. The summed E-state index contributed by atoms with van der Waals surface area (Å²) in [5.41, 5.74) is 8.68. The van der Waals surface area contributed by atoms with Crippen LogP contribution in [0.3, 0.4) is 0 Å². The van der Waals surface area contributed by atoms with Gasteiger partial charge in [-0.2, -0.15) is 0 Å². The lowest BCUT2D eigenvalue weighted by molar-refractivity contribution is 0.171. The highest BCUT2D eigenvalue weighted by Crippen LogP contribution is 2.35. The standard InChI is InChI=1S/C17H27N3/c1-6-13(4)20-16(18)19-11-17(20,5)15-9-7-14(8-10-15)12(2)3/h7-10,12-13H,6,11H2,1-5H3,(H2,18,19). The van der Waals surface area contributed by atoms with Crippen molar-refractivity contribution in [2.45, 2.75) is 58.5 Å². The Morgan fingerprint density at radius 3 is 2.35 bits per heavy atom. The van der Waals surface area contributed by atoms with Crippen molar-refractivity contribution in [2.24, 2.45) is 10.7 Å². The quantitative estimate of drug-likeness (QED) is 0.913. The number of nitrogens with zero attached hydrogens (tertiary/aromatic N) is 2. The van der Waals surface area contributed by atoms with Crippen LogP contribution in [0.5, 0.6) is 0 Å². The highest BCUT2D eigenvalue weighted by Gasteiger charge is 2.41. The average Bonchev–Trinajstić information content (AvgIpc) is 2.75. The van der Waals surface area contributed by atoms with Gasteiger partial charge in [0.05, 0.1) is 12.1 Å². The molecule has 0 radical (unpaired) electrons. The van der Waals surface area contributed by atoms with Crippen molar-refractivity contribution < 1.29 is 0 Å². The molecule has 3 nitrogen and oxygen atoms in total. The van der Waals surface area contributed by atoms with Crippen LogP contribution in [0.2, 0.25) is 0 Å². The number of hydrogen-bond donors (Lipinski definition) is 1. The molecule has 1 heterocycles. The zero-order chi connectivity index (χ0) is 14.9. The summed E-state index contributed by atoms with van der Waals surface area (Å²) in [6.07, 6.45) is 1.07. The summed E-state index contributed by atoms with van der Waals surface area (Å²) in [5.74, 6) is 1.24. The number of nitrogens with two attached hydrogens (primary N) is 1. The summed E-state index contributed by atoms with van der Waals surface area (Å²) in [6, 6.07) is 9.33. The third-order valence-electron chi connectivity index (χ3n) is 4.56. The van der Waals surface area contributed by atoms with Crippen LogP contribution in [-0.2, 0) is 5.54 Å². The summed E-state index contributed by atoms with van der Waals surface area (Å²) in [5, 5.41) is 0. The first-order valence-corrected chi connectivity index (χ1v) is 7.59. The minimum atomic E-state index is -0.116. The second kappa shape index (κ2) is 5.47. The fourth-order valence-corrected chi connectivity index (χ4v) is 2.99. The van der Waals surface area contributed by atoms with Crippen molar-refractivity contribution in [3.63, 3.8) is 0 Å². The molecule has 0 saturated carbocycles. The lowest BCUT2D eigenvalue weighted by Crippen LogP contribution is -2.51. The van der Waals surface area contributed by atoms with E-state index in [0.717, 1.165) is 13.0 Å². The number of hydrogen-bond acceptors (Lipinski definition) is 3. The van der Waals surface area contributed by atoms with E-state index in [2.05, 4.69) is 68.8 Å². The van der Waals surface area contributed by atoms with Gasteiger partial charge in [0.2, 0.25) is 0 Å². The molecule has 0 aliphatic carbocycles. The average molecular weight is 273 g/mol. The summed E-state index contributed by atoms with van der Waals surface area (Å²) < 4.78 is 0.